The van der Waals surface area contributed by atoms with Crippen molar-refractivity contribution in [2.24, 2.45) is 0 Å². The molecule has 0 spiro atoms. The van der Waals surface area contributed by atoms with E-state index in [1.165, 1.54) is 5.56 Å². The van der Waals surface area contributed by atoms with Crippen molar-refractivity contribution in [1.29, 1.82) is 0 Å². The van der Waals surface area contributed by atoms with Crippen LogP contribution >= 0.6 is 0 Å². The molecule has 0 saturated carbocycles. The van der Waals surface area contributed by atoms with E-state index in [0.717, 1.165) is 23.1 Å². The molecular weight excluding hydrogens is 354 g/mol. The van der Waals surface area contributed by atoms with Crippen molar-refractivity contribution in [3.05, 3.63) is 41.2 Å². The van der Waals surface area contributed by atoms with Crippen LogP contribution in [0.5, 0.6) is 0 Å². The highest BCUT2D eigenvalue weighted by Gasteiger charge is 2.30. The maximum absolute atomic E-state index is 11.5. The number of aromatic amines is 1. The lowest BCUT2D eigenvalue weighted by Gasteiger charge is -2.20. The molecule has 1 aromatic carbocycles. The van der Waals surface area contributed by atoms with Crippen LogP contribution in [0.4, 0.5) is 0 Å². The average Bonchev–Trinajstić information content (AvgIpc) is 3.14. The molecule has 0 aliphatic rings. The zero-order valence-electron chi connectivity index (χ0n) is 15.3. The quantitative estimate of drug-likeness (QED) is 0.708. The van der Waals surface area contributed by atoms with Crippen LogP contribution in [0.25, 0.3) is 22.8 Å². The zero-order chi connectivity index (χ0) is 19.1. The van der Waals surface area contributed by atoms with E-state index in [1.807, 2.05) is 32.0 Å². The van der Waals surface area contributed by atoms with Gasteiger partial charge in [-0.05, 0) is 39.3 Å². The zero-order valence-corrected chi connectivity index (χ0v) is 16.1. The van der Waals surface area contributed by atoms with Crippen LogP contribution in [0.15, 0.2) is 28.8 Å². The number of nitrogens with one attached hydrogen (secondary N) is 2. The van der Waals surface area contributed by atoms with Gasteiger partial charge in [0.1, 0.15) is 5.69 Å². The van der Waals surface area contributed by atoms with Crippen molar-refractivity contribution >= 4 is 10.0 Å². The summed E-state index contributed by atoms with van der Waals surface area (Å²) in [5.41, 5.74) is 3.65. The summed E-state index contributed by atoms with van der Waals surface area (Å²) >= 11 is 0. The minimum atomic E-state index is -3.42. The number of rotatable bonds is 5. The molecule has 2 heterocycles. The number of aromatic nitrogens is 4. The van der Waals surface area contributed by atoms with Crippen molar-refractivity contribution in [2.45, 2.75) is 33.2 Å². The highest BCUT2D eigenvalue weighted by molar-refractivity contribution is 7.88. The summed E-state index contributed by atoms with van der Waals surface area (Å²) in [5.74, 6) is 0.479. The molecule has 0 aliphatic carbocycles. The molecule has 9 heteroatoms. The van der Waals surface area contributed by atoms with Gasteiger partial charge in [0.05, 0.1) is 17.5 Å². The number of H-pyrrole nitrogens is 1. The Balaban J connectivity index is 1.90. The molecule has 0 aliphatic heterocycles. The van der Waals surface area contributed by atoms with Gasteiger partial charge in [0, 0.05) is 5.56 Å². The maximum atomic E-state index is 11.5. The molecule has 0 amide bonds. The van der Waals surface area contributed by atoms with Crippen LogP contribution in [-0.4, -0.2) is 35.0 Å². The lowest BCUT2D eigenvalue weighted by molar-refractivity contribution is 0.382. The second kappa shape index (κ2) is 6.33. The molecule has 2 N–H and O–H groups in total. The predicted molar refractivity (Wildman–Crippen MR) is 97.8 cm³/mol. The summed E-state index contributed by atoms with van der Waals surface area (Å²) in [6.45, 7) is 7.40. The lowest BCUT2D eigenvalue weighted by atomic mass is 10.0. The number of hydrogen-bond donors (Lipinski definition) is 2. The normalized spacial score (nSPS) is 12.5. The number of benzene rings is 1. The van der Waals surface area contributed by atoms with Gasteiger partial charge in [-0.15, -0.1) is 0 Å². The van der Waals surface area contributed by atoms with Gasteiger partial charge in [-0.2, -0.15) is 10.1 Å². The summed E-state index contributed by atoms with van der Waals surface area (Å²) in [6.07, 6.45) is 1.08. The van der Waals surface area contributed by atoms with Gasteiger partial charge in [-0.1, -0.05) is 28.9 Å². The van der Waals surface area contributed by atoms with Crippen LogP contribution < -0.4 is 4.72 Å². The van der Waals surface area contributed by atoms with Crippen LogP contribution in [0.1, 0.15) is 30.8 Å². The summed E-state index contributed by atoms with van der Waals surface area (Å²) in [5, 5.41) is 11.1. The van der Waals surface area contributed by atoms with Gasteiger partial charge in [0.2, 0.25) is 10.0 Å². The molecule has 0 atom stereocenters. The lowest BCUT2D eigenvalue weighted by Crippen LogP contribution is -2.41. The fraction of sp³-hybridized carbons (Fsp3) is 0.353. The maximum Gasteiger partial charge on any atom is 0.276 e. The highest BCUT2D eigenvalue weighted by Crippen LogP contribution is 2.27. The smallest absolute Gasteiger partial charge is 0.276 e. The molecule has 0 fully saturated rings. The van der Waals surface area contributed by atoms with Crippen LogP contribution in [0.2, 0.25) is 0 Å². The van der Waals surface area contributed by atoms with Crippen molar-refractivity contribution in [3.63, 3.8) is 0 Å². The fourth-order valence-electron chi connectivity index (χ4n) is 2.77. The molecular formula is C17H21N5O3S. The Bertz CT molecular complexity index is 1050. The number of sulfonamides is 1. The van der Waals surface area contributed by atoms with Crippen molar-refractivity contribution < 1.29 is 12.9 Å². The van der Waals surface area contributed by atoms with Gasteiger partial charge in [0.25, 0.3) is 5.89 Å². The third-order valence-corrected chi connectivity index (χ3v) is 4.77. The first-order valence-electron chi connectivity index (χ1n) is 8.02. The third kappa shape index (κ3) is 3.83. The number of nitrogens with zero attached hydrogens (tertiary/aromatic N) is 3. The van der Waals surface area contributed by atoms with Crippen molar-refractivity contribution in [1.82, 2.24) is 25.1 Å². The Labute approximate surface area is 152 Å². The van der Waals surface area contributed by atoms with E-state index in [2.05, 4.69) is 31.1 Å². The second-order valence-electron chi connectivity index (χ2n) is 6.91. The van der Waals surface area contributed by atoms with Gasteiger partial charge in [-0.25, -0.2) is 13.1 Å². The molecule has 3 aromatic rings. The molecule has 0 unspecified atom stereocenters. The Morgan fingerprint density at radius 1 is 1.19 bits per heavy atom. The standard InChI is InChI=1S/C17H21N5O3S/c1-10-6-7-12(11(2)8-10)13-9-14(20-19-13)15-18-16(21-25-15)17(3,4)22-26(5,23)24/h6-9,22H,1-5H3,(H,19,20). The van der Waals surface area contributed by atoms with Gasteiger partial charge in [-0.3, -0.25) is 5.10 Å². The Morgan fingerprint density at radius 2 is 1.92 bits per heavy atom. The minimum absolute atomic E-state index is 0.237. The topological polar surface area (TPSA) is 114 Å². The van der Waals surface area contributed by atoms with Crippen LogP contribution in [-0.2, 0) is 15.6 Å². The average molecular weight is 375 g/mol. The third-order valence-electron chi connectivity index (χ3n) is 3.89. The Kier molecular flexibility index (Phi) is 4.45. The molecule has 2 aromatic heterocycles. The Hall–Kier alpha value is -2.52. The largest absolute Gasteiger partial charge is 0.332 e. The first-order valence-corrected chi connectivity index (χ1v) is 9.91. The predicted octanol–water partition coefficient (Wildman–Crippen LogP) is 2.53. The van der Waals surface area contributed by atoms with Crippen molar-refractivity contribution in [2.75, 3.05) is 6.26 Å². The van der Waals surface area contributed by atoms with Crippen LogP contribution in [0, 0.1) is 13.8 Å². The first kappa shape index (κ1) is 18.3. The molecule has 8 nitrogen and oxygen atoms in total. The molecule has 26 heavy (non-hydrogen) atoms. The van der Waals surface area contributed by atoms with E-state index in [9.17, 15) is 8.42 Å². The summed E-state index contributed by atoms with van der Waals surface area (Å²) in [6, 6.07) is 7.96. The highest BCUT2D eigenvalue weighted by atomic mass is 32.2. The number of aryl methyl sites for hydroxylation is 2. The summed E-state index contributed by atoms with van der Waals surface area (Å²) in [4.78, 5) is 4.30. The minimum Gasteiger partial charge on any atom is -0.332 e. The number of hydrogen-bond acceptors (Lipinski definition) is 6. The first-order chi connectivity index (χ1) is 12.0. The monoisotopic (exact) mass is 375 g/mol. The van der Waals surface area contributed by atoms with E-state index in [-0.39, 0.29) is 11.7 Å². The SMILES string of the molecule is Cc1ccc(-c2cc(-c3nc(C(C)(C)NS(C)(=O)=O)no3)[nH]n2)c(C)c1. The van der Waals surface area contributed by atoms with Gasteiger partial charge >= 0.3 is 0 Å². The summed E-state index contributed by atoms with van der Waals surface area (Å²) in [7, 11) is -3.42. The molecule has 3 rings (SSSR count). The fourth-order valence-corrected chi connectivity index (χ4v) is 3.78. The Morgan fingerprint density at radius 3 is 2.58 bits per heavy atom. The van der Waals surface area contributed by atoms with E-state index >= 15 is 0 Å². The molecule has 0 saturated heterocycles. The summed E-state index contributed by atoms with van der Waals surface area (Å²) < 4.78 is 30.8. The van der Waals surface area contributed by atoms with Crippen molar-refractivity contribution in [3.8, 4) is 22.8 Å². The second-order valence-corrected chi connectivity index (χ2v) is 8.66. The molecule has 138 valence electrons. The molecule has 0 radical (unpaired) electrons. The van der Waals surface area contributed by atoms with E-state index in [4.69, 9.17) is 4.52 Å². The van der Waals surface area contributed by atoms with E-state index in [0.29, 0.717) is 5.69 Å². The van der Waals surface area contributed by atoms with Gasteiger partial charge < -0.3 is 4.52 Å². The molecule has 0 bridgehead atoms. The van der Waals surface area contributed by atoms with E-state index < -0.39 is 15.6 Å². The van der Waals surface area contributed by atoms with E-state index in [1.54, 1.807) is 13.8 Å². The van der Waals surface area contributed by atoms with Crippen LogP contribution in [0.3, 0.4) is 0 Å². The van der Waals surface area contributed by atoms with Gasteiger partial charge in [0.15, 0.2) is 5.82 Å².